The molecule has 8 heteroatoms. The van der Waals surface area contributed by atoms with Crippen molar-refractivity contribution in [3.05, 3.63) is 41.0 Å². The van der Waals surface area contributed by atoms with Gasteiger partial charge < -0.3 is 15.8 Å². The van der Waals surface area contributed by atoms with Gasteiger partial charge in [-0.1, -0.05) is 15.9 Å². The smallest absolute Gasteiger partial charge is 0.404 e. The molecule has 0 unspecified atom stereocenters. The summed E-state index contributed by atoms with van der Waals surface area (Å²) in [6.45, 7) is 0. The lowest BCUT2D eigenvalue weighted by atomic mass is 10.2. The molecule has 0 saturated carbocycles. The number of nitrogens with zero attached hydrogens (tertiary/aromatic N) is 1. The summed E-state index contributed by atoms with van der Waals surface area (Å²) >= 11 is 3.09. The standard InChI is InChI=1S/C12H9BrF3N3O/c13-7-3-4-8(10(6-7)20-12(14,15)16)19-9-2-1-5-18-11(9)17/h1-6,19H,(H2,17,18). The van der Waals surface area contributed by atoms with Crippen molar-refractivity contribution in [1.82, 2.24) is 4.98 Å². The van der Waals surface area contributed by atoms with Crippen LogP contribution in [0.1, 0.15) is 0 Å². The Balaban J connectivity index is 2.34. The van der Waals surface area contributed by atoms with Crippen LogP contribution in [0.15, 0.2) is 41.0 Å². The fourth-order valence-electron chi connectivity index (χ4n) is 1.48. The van der Waals surface area contributed by atoms with Gasteiger partial charge in [0.15, 0.2) is 5.75 Å². The predicted octanol–water partition coefficient (Wildman–Crippen LogP) is 4.07. The molecule has 0 aliphatic carbocycles. The Hall–Kier alpha value is -1.96. The summed E-state index contributed by atoms with van der Waals surface area (Å²) in [7, 11) is 0. The molecule has 0 aliphatic rings. The highest BCUT2D eigenvalue weighted by atomic mass is 79.9. The summed E-state index contributed by atoms with van der Waals surface area (Å²) in [6.07, 6.45) is -3.30. The first-order chi connectivity index (χ1) is 9.35. The molecule has 0 saturated heterocycles. The van der Waals surface area contributed by atoms with Crippen molar-refractivity contribution in [2.24, 2.45) is 0 Å². The molecular weight excluding hydrogens is 339 g/mol. The lowest BCUT2D eigenvalue weighted by Crippen LogP contribution is -2.18. The van der Waals surface area contributed by atoms with Crippen molar-refractivity contribution in [2.45, 2.75) is 6.36 Å². The molecule has 2 rings (SSSR count). The molecule has 0 atom stereocenters. The number of nitrogens with one attached hydrogen (secondary N) is 1. The molecule has 3 N–H and O–H groups in total. The Labute approximate surface area is 120 Å². The summed E-state index contributed by atoms with van der Waals surface area (Å²) in [5, 5.41) is 2.76. The molecule has 20 heavy (non-hydrogen) atoms. The van der Waals surface area contributed by atoms with E-state index >= 15 is 0 Å². The van der Waals surface area contributed by atoms with Gasteiger partial charge in [0.05, 0.1) is 11.4 Å². The molecule has 1 heterocycles. The number of pyridine rings is 1. The van der Waals surface area contributed by atoms with Gasteiger partial charge in [-0.3, -0.25) is 0 Å². The van der Waals surface area contributed by atoms with Crippen LogP contribution < -0.4 is 15.8 Å². The van der Waals surface area contributed by atoms with E-state index in [1.807, 2.05) is 0 Å². The molecule has 106 valence electrons. The number of alkyl halides is 3. The molecule has 2 aromatic rings. The molecule has 0 amide bonds. The Kier molecular flexibility index (Phi) is 4.03. The second kappa shape index (κ2) is 5.58. The molecule has 0 aliphatic heterocycles. The van der Waals surface area contributed by atoms with Crippen molar-refractivity contribution >= 4 is 33.1 Å². The number of halogens is 4. The first-order valence-corrected chi connectivity index (χ1v) is 6.17. The third-order valence-electron chi connectivity index (χ3n) is 2.28. The highest BCUT2D eigenvalue weighted by Crippen LogP contribution is 2.35. The van der Waals surface area contributed by atoms with Crippen molar-refractivity contribution in [3.8, 4) is 5.75 Å². The van der Waals surface area contributed by atoms with Crippen molar-refractivity contribution in [1.29, 1.82) is 0 Å². The topological polar surface area (TPSA) is 60.2 Å². The molecule has 0 radical (unpaired) electrons. The average molecular weight is 348 g/mol. The Bertz CT molecular complexity index is 619. The van der Waals surface area contributed by atoms with E-state index < -0.39 is 6.36 Å². The molecular formula is C12H9BrF3N3O. The number of aromatic nitrogens is 1. The number of hydrogen-bond acceptors (Lipinski definition) is 4. The zero-order valence-electron chi connectivity index (χ0n) is 9.91. The quantitative estimate of drug-likeness (QED) is 0.878. The number of rotatable bonds is 3. The zero-order valence-corrected chi connectivity index (χ0v) is 11.5. The SMILES string of the molecule is Nc1ncccc1Nc1ccc(Br)cc1OC(F)(F)F. The number of anilines is 3. The van der Waals surface area contributed by atoms with E-state index in [1.54, 1.807) is 18.2 Å². The minimum atomic E-state index is -4.78. The van der Waals surface area contributed by atoms with Crippen molar-refractivity contribution in [3.63, 3.8) is 0 Å². The highest BCUT2D eigenvalue weighted by Gasteiger charge is 2.32. The van der Waals surface area contributed by atoms with E-state index in [1.165, 1.54) is 18.3 Å². The van der Waals surface area contributed by atoms with Gasteiger partial charge >= 0.3 is 6.36 Å². The van der Waals surface area contributed by atoms with Crippen LogP contribution in [0.4, 0.5) is 30.4 Å². The van der Waals surface area contributed by atoms with Gasteiger partial charge in [0.25, 0.3) is 0 Å². The highest BCUT2D eigenvalue weighted by molar-refractivity contribution is 9.10. The van der Waals surface area contributed by atoms with E-state index in [-0.39, 0.29) is 17.3 Å². The largest absolute Gasteiger partial charge is 0.573 e. The lowest BCUT2D eigenvalue weighted by molar-refractivity contribution is -0.274. The summed E-state index contributed by atoms with van der Waals surface area (Å²) in [5.41, 5.74) is 6.15. The van der Waals surface area contributed by atoms with Gasteiger partial charge in [-0.15, -0.1) is 13.2 Å². The van der Waals surface area contributed by atoms with Crippen LogP contribution in [-0.2, 0) is 0 Å². The Morgan fingerprint density at radius 3 is 2.60 bits per heavy atom. The van der Waals surface area contributed by atoms with Crippen molar-refractivity contribution in [2.75, 3.05) is 11.1 Å². The van der Waals surface area contributed by atoms with E-state index in [0.29, 0.717) is 10.2 Å². The average Bonchev–Trinajstić information content (AvgIpc) is 2.33. The Morgan fingerprint density at radius 1 is 1.20 bits per heavy atom. The zero-order chi connectivity index (χ0) is 14.8. The maximum Gasteiger partial charge on any atom is 0.573 e. The third kappa shape index (κ3) is 3.77. The van der Waals surface area contributed by atoms with Gasteiger partial charge in [-0.25, -0.2) is 4.98 Å². The number of nitrogen functional groups attached to an aromatic ring is 1. The summed E-state index contributed by atoms with van der Waals surface area (Å²) in [4.78, 5) is 3.84. The minimum Gasteiger partial charge on any atom is -0.404 e. The van der Waals surface area contributed by atoms with E-state index in [4.69, 9.17) is 5.73 Å². The van der Waals surface area contributed by atoms with Crippen LogP contribution in [-0.4, -0.2) is 11.3 Å². The monoisotopic (exact) mass is 347 g/mol. The van der Waals surface area contributed by atoms with Crippen LogP contribution in [0, 0.1) is 0 Å². The second-order valence-electron chi connectivity index (χ2n) is 3.75. The molecule has 0 fully saturated rings. The fourth-order valence-corrected chi connectivity index (χ4v) is 1.82. The molecule has 0 bridgehead atoms. The molecule has 4 nitrogen and oxygen atoms in total. The summed E-state index contributed by atoms with van der Waals surface area (Å²) in [6, 6.07) is 7.45. The fraction of sp³-hybridized carbons (Fsp3) is 0.0833. The number of nitrogens with two attached hydrogens (primary N) is 1. The van der Waals surface area contributed by atoms with E-state index in [0.717, 1.165) is 0 Å². The molecule has 0 spiro atoms. The van der Waals surface area contributed by atoms with Crippen LogP contribution in [0.25, 0.3) is 0 Å². The predicted molar refractivity (Wildman–Crippen MR) is 72.8 cm³/mol. The third-order valence-corrected chi connectivity index (χ3v) is 2.77. The first kappa shape index (κ1) is 14.4. The number of ether oxygens (including phenoxy) is 1. The summed E-state index contributed by atoms with van der Waals surface area (Å²) in [5.74, 6) is -0.191. The summed E-state index contributed by atoms with van der Waals surface area (Å²) < 4.78 is 41.5. The van der Waals surface area contributed by atoms with Crippen LogP contribution in [0.2, 0.25) is 0 Å². The maximum atomic E-state index is 12.4. The Morgan fingerprint density at radius 2 is 1.95 bits per heavy atom. The maximum absolute atomic E-state index is 12.4. The van der Waals surface area contributed by atoms with Gasteiger partial charge in [0.1, 0.15) is 5.82 Å². The number of benzene rings is 1. The van der Waals surface area contributed by atoms with Crippen molar-refractivity contribution < 1.29 is 17.9 Å². The van der Waals surface area contributed by atoms with Gasteiger partial charge in [0, 0.05) is 10.7 Å². The minimum absolute atomic E-state index is 0.130. The van der Waals surface area contributed by atoms with Gasteiger partial charge in [0.2, 0.25) is 0 Å². The van der Waals surface area contributed by atoms with E-state index in [9.17, 15) is 13.2 Å². The molecule has 1 aromatic carbocycles. The van der Waals surface area contributed by atoms with E-state index in [2.05, 4.69) is 31.0 Å². The van der Waals surface area contributed by atoms with Crippen LogP contribution in [0.3, 0.4) is 0 Å². The lowest BCUT2D eigenvalue weighted by Gasteiger charge is -2.15. The second-order valence-corrected chi connectivity index (χ2v) is 4.67. The van der Waals surface area contributed by atoms with Crippen LogP contribution in [0.5, 0.6) is 5.75 Å². The first-order valence-electron chi connectivity index (χ1n) is 5.38. The molecule has 1 aromatic heterocycles. The normalized spacial score (nSPS) is 11.2. The van der Waals surface area contributed by atoms with Gasteiger partial charge in [-0.2, -0.15) is 0 Å². The number of hydrogen-bond donors (Lipinski definition) is 2. The van der Waals surface area contributed by atoms with Gasteiger partial charge in [-0.05, 0) is 30.3 Å². The van der Waals surface area contributed by atoms with Crippen LogP contribution >= 0.6 is 15.9 Å².